The lowest BCUT2D eigenvalue weighted by atomic mass is 10.1. The number of thioether (sulfide) groups is 1. The number of hydrogen-bond acceptors (Lipinski definition) is 9. The van der Waals surface area contributed by atoms with Crippen molar-refractivity contribution in [2.45, 2.75) is 17.5 Å². The van der Waals surface area contributed by atoms with Crippen LogP contribution in [0.5, 0.6) is 11.5 Å². The Morgan fingerprint density at radius 1 is 0.872 bits per heavy atom. The Morgan fingerprint density at radius 2 is 1.62 bits per heavy atom. The van der Waals surface area contributed by atoms with Gasteiger partial charge in [0.1, 0.15) is 11.0 Å². The second-order valence-corrected chi connectivity index (χ2v) is 11.0. The van der Waals surface area contributed by atoms with Crippen molar-refractivity contribution in [1.29, 1.82) is 0 Å². The Balaban J connectivity index is 0.996. The fourth-order valence-corrected chi connectivity index (χ4v) is 5.92. The van der Waals surface area contributed by atoms with Crippen LogP contribution in [0.2, 0.25) is 5.15 Å². The third kappa shape index (κ3) is 6.41. The van der Waals surface area contributed by atoms with Crippen molar-refractivity contribution in [3.05, 3.63) is 70.4 Å². The van der Waals surface area contributed by atoms with E-state index in [9.17, 15) is 4.79 Å². The van der Waals surface area contributed by atoms with Gasteiger partial charge in [0.2, 0.25) is 6.79 Å². The fourth-order valence-electron chi connectivity index (χ4n) is 4.89. The van der Waals surface area contributed by atoms with E-state index in [1.165, 1.54) is 17.3 Å². The summed E-state index contributed by atoms with van der Waals surface area (Å²) in [6, 6.07) is 15.7. The van der Waals surface area contributed by atoms with Crippen molar-refractivity contribution in [3.8, 4) is 11.5 Å². The summed E-state index contributed by atoms with van der Waals surface area (Å²) < 4.78 is 16.3. The maximum atomic E-state index is 13.1. The first kappa shape index (κ1) is 26.2. The zero-order chi connectivity index (χ0) is 26.6. The van der Waals surface area contributed by atoms with Crippen LogP contribution in [-0.4, -0.2) is 85.0 Å². The summed E-state index contributed by atoms with van der Waals surface area (Å²) in [7, 11) is 0. The highest BCUT2D eigenvalue weighted by Gasteiger charge is 2.23. The molecular weight excluding hydrogens is 538 g/mol. The van der Waals surface area contributed by atoms with E-state index in [0.717, 1.165) is 55.6 Å². The topological polar surface area (TPSA) is 80.3 Å². The molecule has 0 atom stereocenters. The predicted octanol–water partition coefficient (Wildman–Crippen LogP) is 3.95. The average molecular weight is 568 g/mol. The number of rotatable bonds is 7. The van der Waals surface area contributed by atoms with Gasteiger partial charge in [-0.05, 0) is 35.4 Å². The van der Waals surface area contributed by atoms with Crippen LogP contribution in [0, 0.1) is 0 Å². The summed E-state index contributed by atoms with van der Waals surface area (Å²) in [5.74, 6) is 3.20. The lowest BCUT2D eigenvalue weighted by Gasteiger charge is -2.34. The molecule has 204 valence electrons. The van der Waals surface area contributed by atoms with E-state index in [1.54, 1.807) is 6.07 Å². The van der Waals surface area contributed by atoms with E-state index < -0.39 is 0 Å². The third-order valence-corrected chi connectivity index (χ3v) is 8.18. The van der Waals surface area contributed by atoms with Crippen LogP contribution in [0.4, 0.5) is 5.82 Å². The number of aromatic nitrogens is 2. The Bertz CT molecular complexity index is 1310. The normalized spacial score (nSPS) is 17.5. The van der Waals surface area contributed by atoms with E-state index in [0.29, 0.717) is 47.9 Å². The lowest BCUT2D eigenvalue weighted by Crippen LogP contribution is -2.48. The minimum absolute atomic E-state index is 0.0743. The second-order valence-electron chi connectivity index (χ2n) is 9.67. The van der Waals surface area contributed by atoms with Gasteiger partial charge in [-0.2, -0.15) is 0 Å². The Morgan fingerprint density at radius 3 is 2.41 bits per heavy atom. The van der Waals surface area contributed by atoms with Crippen molar-refractivity contribution < 1.29 is 19.0 Å². The molecule has 3 aliphatic rings. The number of fused-ring (bicyclic) bond motifs is 1. The highest BCUT2D eigenvalue weighted by Crippen LogP contribution is 2.33. The fraction of sp³-hybridized carbons (Fsp3) is 0.393. The Labute approximate surface area is 237 Å². The number of hydrogen-bond donors (Lipinski definition) is 0. The summed E-state index contributed by atoms with van der Waals surface area (Å²) in [6.45, 7) is 7.15. The van der Waals surface area contributed by atoms with Crippen molar-refractivity contribution in [2.24, 2.45) is 0 Å². The smallest absolute Gasteiger partial charge is 0.253 e. The second kappa shape index (κ2) is 12.0. The first-order valence-electron chi connectivity index (χ1n) is 13.1. The zero-order valence-corrected chi connectivity index (χ0v) is 23.1. The number of morpholine rings is 1. The summed E-state index contributed by atoms with van der Waals surface area (Å²) >= 11 is 7.81. The van der Waals surface area contributed by atoms with Crippen LogP contribution in [0.3, 0.4) is 0 Å². The molecule has 39 heavy (non-hydrogen) atoms. The predicted molar refractivity (Wildman–Crippen MR) is 150 cm³/mol. The third-order valence-electron chi connectivity index (χ3n) is 7.07. The number of amides is 1. The van der Waals surface area contributed by atoms with E-state index in [4.69, 9.17) is 25.8 Å². The van der Waals surface area contributed by atoms with Gasteiger partial charge in [-0.1, -0.05) is 41.6 Å². The van der Waals surface area contributed by atoms with Gasteiger partial charge in [0.15, 0.2) is 16.7 Å². The summed E-state index contributed by atoms with van der Waals surface area (Å²) in [6.07, 6.45) is 0. The quantitative estimate of drug-likeness (QED) is 0.239. The molecule has 1 aromatic heterocycles. The van der Waals surface area contributed by atoms with E-state index in [2.05, 4.69) is 25.8 Å². The first-order valence-corrected chi connectivity index (χ1v) is 14.5. The van der Waals surface area contributed by atoms with Gasteiger partial charge in [0, 0.05) is 63.2 Å². The van der Waals surface area contributed by atoms with Gasteiger partial charge in [-0.3, -0.25) is 9.69 Å². The molecule has 0 bridgehead atoms. The molecule has 0 N–H and O–H groups in total. The molecule has 9 nitrogen and oxygen atoms in total. The summed E-state index contributed by atoms with van der Waals surface area (Å²) in [4.78, 5) is 28.7. The molecule has 0 aliphatic carbocycles. The largest absolute Gasteiger partial charge is 0.454 e. The molecule has 4 heterocycles. The molecule has 0 saturated carbocycles. The first-order chi connectivity index (χ1) is 19.1. The van der Waals surface area contributed by atoms with Gasteiger partial charge in [0.05, 0.1) is 13.2 Å². The van der Waals surface area contributed by atoms with Crippen LogP contribution in [0.25, 0.3) is 0 Å². The van der Waals surface area contributed by atoms with Crippen LogP contribution in [-0.2, 0) is 17.0 Å². The number of halogens is 1. The average Bonchev–Trinajstić information content (AvgIpc) is 3.45. The molecule has 11 heteroatoms. The standard InChI is InChI=1S/C28H30ClN5O4S/c29-25-16-26(33-11-13-36-14-12-33)31-28(30-25)39-18-20-1-4-22(5-2-20)27(35)34-9-7-32(8-10-34)17-21-3-6-23-24(15-21)38-19-37-23/h1-6,15-16H,7-14,17-19H2. The van der Waals surface area contributed by atoms with E-state index >= 15 is 0 Å². The molecule has 1 amide bonds. The number of carbonyl (C=O) groups excluding carboxylic acids is 1. The lowest BCUT2D eigenvalue weighted by molar-refractivity contribution is 0.0628. The van der Waals surface area contributed by atoms with Gasteiger partial charge in [-0.15, -0.1) is 0 Å². The monoisotopic (exact) mass is 567 g/mol. The Kier molecular flexibility index (Phi) is 8.05. The number of piperazine rings is 1. The SMILES string of the molecule is O=C(c1ccc(CSc2nc(Cl)cc(N3CCOCC3)n2)cc1)N1CCN(Cc2ccc3c(c2)OCO3)CC1. The number of ether oxygens (including phenoxy) is 3. The molecule has 0 radical (unpaired) electrons. The van der Waals surface area contributed by atoms with Crippen molar-refractivity contribution >= 4 is 35.1 Å². The Hall–Kier alpha value is -3.05. The van der Waals surface area contributed by atoms with Gasteiger partial charge in [-0.25, -0.2) is 9.97 Å². The van der Waals surface area contributed by atoms with Crippen LogP contribution in [0.15, 0.2) is 53.7 Å². The molecule has 2 aromatic carbocycles. The molecule has 0 unspecified atom stereocenters. The number of benzene rings is 2. The minimum Gasteiger partial charge on any atom is -0.454 e. The maximum absolute atomic E-state index is 13.1. The minimum atomic E-state index is 0.0743. The molecule has 0 spiro atoms. The van der Waals surface area contributed by atoms with Crippen LogP contribution in [0.1, 0.15) is 21.5 Å². The van der Waals surface area contributed by atoms with Gasteiger partial charge in [0.25, 0.3) is 5.91 Å². The zero-order valence-electron chi connectivity index (χ0n) is 21.6. The van der Waals surface area contributed by atoms with Crippen molar-refractivity contribution in [1.82, 2.24) is 19.8 Å². The summed E-state index contributed by atoms with van der Waals surface area (Å²) in [5.41, 5.74) is 3.00. The highest BCUT2D eigenvalue weighted by atomic mass is 35.5. The van der Waals surface area contributed by atoms with Crippen molar-refractivity contribution in [3.63, 3.8) is 0 Å². The van der Waals surface area contributed by atoms with Crippen LogP contribution >= 0.6 is 23.4 Å². The molecule has 2 fully saturated rings. The maximum Gasteiger partial charge on any atom is 0.253 e. The van der Waals surface area contributed by atoms with Gasteiger partial charge < -0.3 is 24.0 Å². The molecule has 3 aromatic rings. The molecule has 3 aliphatic heterocycles. The number of carbonyl (C=O) groups is 1. The highest BCUT2D eigenvalue weighted by molar-refractivity contribution is 7.98. The molecule has 2 saturated heterocycles. The van der Waals surface area contributed by atoms with Crippen LogP contribution < -0.4 is 14.4 Å². The van der Waals surface area contributed by atoms with Gasteiger partial charge >= 0.3 is 0 Å². The van der Waals surface area contributed by atoms with E-state index in [1.807, 2.05) is 41.3 Å². The number of nitrogens with zero attached hydrogens (tertiary/aromatic N) is 5. The van der Waals surface area contributed by atoms with Crippen molar-refractivity contribution in [2.75, 3.05) is 64.2 Å². The molecule has 6 rings (SSSR count). The molecular formula is C28H30ClN5O4S. The summed E-state index contributed by atoms with van der Waals surface area (Å²) in [5, 5.41) is 1.08. The van der Waals surface area contributed by atoms with E-state index in [-0.39, 0.29) is 12.7 Å². The number of anilines is 1.